The quantitative estimate of drug-likeness (QED) is 0.274. The van der Waals surface area contributed by atoms with Crippen molar-refractivity contribution in [1.82, 2.24) is 15.2 Å². The van der Waals surface area contributed by atoms with Crippen molar-refractivity contribution >= 4 is 15.8 Å². The molecule has 12 heteroatoms. The summed E-state index contributed by atoms with van der Waals surface area (Å²) in [5.41, 5.74) is 0.892. The highest BCUT2D eigenvalue weighted by molar-refractivity contribution is 7.92. The number of nitrogens with one attached hydrogen (secondary N) is 1. The molecule has 1 aliphatic heterocycles. The molecular weight excluding hydrogens is 512 g/mol. The van der Waals surface area contributed by atoms with Crippen LogP contribution in [0.1, 0.15) is 29.0 Å². The van der Waals surface area contributed by atoms with E-state index in [0.29, 0.717) is 28.9 Å². The van der Waals surface area contributed by atoms with Gasteiger partial charge in [0.15, 0.2) is 5.82 Å². The Kier molecular flexibility index (Phi) is 6.28. The summed E-state index contributed by atoms with van der Waals surface area (Å²) in [7, 11) is -4.01. The van der Waals surface area contributed by atoms with Gasteiger partial charge in [0, 0.05) is 35.5 Å². The van der Waals surface area contributed by atoms with E-state index in [2.05, 4.69) is 19.9 Å². The molecule has 4 aromatic rings. The first-order chi connectivity index (χ1) is 17.6. The number of nitrogens with zero attached hydrogens (tertiary/aromatic N) is 3. The number of anilines is 1. The van der Waals surface area contributed by atoms with Crippen molar-refractivity contribution in [2.45, 2.75) is 23.4 Å². The molecule has 0 spiro atoms. The summed E-state index contributed by atoms with van der Waals surface area (Å²) in [6, 6.07) is 13.2. The summed E-state index contributed by atoms with van der Waals surface area (Å²) in [5.74, 6) is -0.823. The van der Waals surface area contributed by atoms with Crippen molar-refractivity contribution in [2.24, 2.45) is 0 Å². The van der Waals surface area contributed by atoms with Gasteiger partial charge >= 0.3 is 6.18 Å². The summed E-state index contributed by atoms with van der Waals surface area (Å²) < 4.78 is 87.7. The topological polar surface area (TPSA) is 94.1 Å². The molecule has 190 valence electrons. The fourth-order valence-corrected chi connectivity index (χ4v) is 5.25. The fourth-order valence-electron chi connectivity index (χ4n) is 4.23. The van der Waals surface area contributed by atoms with E-state index in [0.717, 1.165) is 18.2 Å². The maximum Gasteiger partial charge on any atom is 0.416 e. The molecular formula is C25H18F4N4O3S. The molecule has 37 heavy (non-hydrogen) atoms. The average molecular weight is 531 g/mol. The number of aromatic nitrogens is 3. The predicted molar refractivity (Wildman–Crippen MR) is 126 cm³/mol. The first kappa shape index (κ1) is 24.6. The minimum atomic E-state index is -4.58. The van der Waals surface area contributed by atoms with Crippen LogP contribution in [0.2, 0.25) is 0 Å². The molecule has 0 saturated carbocycles. The normalized spacial score (nSPS) is 15.5. The van der Waals surface area contributed by atoms with Gasteiger partial charge in [0.2, 0.25) is 5.95 Å². The second kappa shape index (κ2) is 9.43. The van der Waals surface area contributed by atoms with E-state index >= 15 is 0 Å². The average Bonchev–Trinajstić information content (AvgIpc) is 2.88. The number of halogens is 4. The van der Waals surface area contributed by atoms with Crippen molar-refractivity contribution in [1.29, 1.82) is 0 Å². The van der Waals surface area contributed by atoms with E-state index in [9.17, 15) is 26.0 Å². The van der Waals surface area contributed by atoms with Gasteiger partial charge in [-0.2, -0.15) is 22.7 Å². The van der Waals surface area contributed by atoms with E-state index in [-0.39, 0.29) is 22.9 Å². The Hall–Kier alpha value is -4.06. The van der Waals surface area contributed by atoms with E-state index in [1.54, 1.807) is 6.07 Å². The Morgan fingerprint density at radius 3 is 2.51 bits per heavy atom. The molecule has 0 amide bonds. The zero-order valence-corrected chi connectivity index (χ0v) is 19.7. The Morgan fingerprint density at radius 2 is 1.81 bits per heavy atom. The first-order valence-electron chi connectivity index (χ1n) is 11.0. The lowest BCUT2D eigenvalue weighted by molar-refractivity contribution is -0.137. The molecule has 1 aliphatic rings. The smallest absolute Gasteiger partial charge is 0.416 e. The second-order valence-corrected chi connectivity index (χ2v) is 9.96. The van der Waals surface area contributed by atoms with Crippen LogP contribution in [0.15, 0.2) is 78.0 Å². The minimum Gasteiger partial charge on any atom is -0.493 e. The molecule has 1 atom stereocenters. The number of ether oxygens (including phenoxy) is 1. The van der Waals surface area contributed by atoms with Crippen LogP contribution in [0.5, 0.6) is 5.75 Å². The maximum atomic E-state index is 13.5. The van der Waals surface area contributed by atoms with Gasteiger partial charge < -0.3 is 4.74 Å². The Balaban J connectivity index is 1.56. The summed E-state index contributed by atoms with van der Waals surface area (Å²) in [6.45, 7) is 0.209. The number of alkyl halides is 3. The van der Waals surface area contributed by atoms with Crippen LogP contribution in [0.25, 0.3) is 11.1 Å². The molecule has 3 heterocycles. The van der Waals surface area contributed by atoms with Gasteiger partial charge in [0.1, 0.15) is 5.75 Å². The van der Waals surface area contributed by atoms with Crippen LogP contribution in [0, 0.1) is 5.95 Å². The molecule has 0 fully saturated rings. The van der Waals surface area contributed by atoms with E-state index in [1.165, 1.54) is 48.8 Å². The highest BCUT2D eigenvalue weighted by Crippen LogP contribution is 2.44. The van der Waals surface area contributed by atoms with Crippen LogP contribution in [-0.4, -0.2) is 30.2 Å². The third-order valence-electron chi connectivity index (χ3n) is 5.94. The SMILES string of the molecule is O=S(=O)(Nc1cccnn1)c1ccc2c(c1)OCC[C@@H]2c1ccc(C(F)(F)F)cc1-c1ccc(F)nc1. The number of rotatable bonds is 5. The number of sulfonamides is 1. The number of hydrogen-bond donors (Lipinski definition) is 1. The molecule has 7 nitrogen and oxygen atoms in total. The lowest BCUT2D eigenvalue weighted by Crippen LogP contribution is -2.19. The molecule has 2 aromatic carbocycles. The van der Waals surface area contributed by atoms with Crippen molar-refractivity contribution in [3.05, 3.63) is 95.7 Å². The third-order valence-corrected chi connectivity index (χ3v) is 7.29. The summed E-state index contributed by atoms with van der Waals surface area (Å²) in [4.78, 5) is 3.52. The van der Waals surface area contributed by atoms with Crippen molar-refractivity contribution in [2.75, 3.05) is 11.3 Å². The largest absolute Gasteiger partial charge is 0.493 e. The van der Waals surface area contributed by atoms with E-state index in [4.69, 9.17) is 4.74 Å². The van der Waals surface area contributed by atoms with Crippen LogP contribution in [-0.2, 0) is 16.2 Å². The van der Waals surface area contributed by atoms with Crippen LogP contribution < -0.4 is 9.46 Å². The number of benzene rings is 2. The Bertz CT molecular complexity index is 1550. The lowest BCUT2D eigenvalue weighted by Gasteiger charge is -2.29. The summed E-state index contributed by atoms with van der Waals surface area (Å²) in [5, 5.41) is 7.35. The highest BCUT2D eigenvalue weighted by Gasteiger charge is 2.33. The van der Waals surface area contributed by atoms with Crippen molar-refractivity contribution in [3.8, 4) is 16.9 Å². The van der Waals surface area contributed by atoms with Crippen molar-refractivity contribution in [3.63, 3.8) is 0 Å². The number of pyridine rings is 1. The predicted octanol–water partition coefficient (Wildman–Crippen LogP) is 5.41. The monoisotopic (exact) mass is 530 g/mol. The second-order valence-electron chi connectivity index (χ2n) is 8.27. The van der Waals surface area contributed by atoms with Crippen LogP contribution >= 0.6 is 0 Å². The molecule has 0 radical (unpaired) electrons. The van der Waals surface area contributed by atoms with Gasteiger partial charge in [-0.05, 0) is 60.0 Å². The standard InChI is InChI=1S/C25H18F4N4O3S/c26-23-8-3-15(14-30-23)21-12-16(25(27,28)29)4-6-18(21)19-9-11-36-22-13-17(5-7-20(19)22)37(34,35)33-24-2-1-10-31-32-24/h1-8,10,12-14,19H,9,11H2,(H,32,33)/t19-/m1/s1. The van der Waals surface area contributed by atoms with Gasteiger partial charge in [0.25, 0.3) is 10.0 Å². The number of hydrogen-bond acceptors (Lipinski definition) is 6. The van der Waals surface area contributed by atoms with E-state index in [1.807, 2.05) is 0 Å². The third kappa shape index (κ3) is 5.10. The molecule has 2 aromatic heterocycles. The van der Waals surface area contributed by atoms with Gasteiger partial charge in [-0.3, -0.25) is 4.72 Å². The molecule has 0 aliphatic carbocycles. The summed E-state index contributed by atoms with van der Waals surface area (Å²) in [6.07, 6.45) is -1.55. The highest BCUT2D eigenvalue weighted by atomic mass is 32.2. The van der Waals surface area contributed by atoms with Crippen molar-refractivity contribution < 1.29 is 30.7 Å². The van der Waals surface area contributed by atoms with Crippen LogP contribution in [0.4, 0.5) is 23.4 Å². The van der Waals surface area contributed by atoms with Crippen LogP contribution in [0.3, 0.4) is 0 Å². The first-order valence-corrected chi connectivity index (χ1v) is 12.5. The maximum absolute atomic E-state index is 13.5. The number of fused-ring (bicyclic) bond motifs is 1. The zero-order valence-electron chi connectivity index (χ0n) is 18.9. The fraction of sp³-hybridized carbons (Fsp3) is 0.160. The molecule has 0 saturated heterocycles. The van der Waals surface area contributed by atoms with Gasteiger partial charge in [-0.15, -0.1) is 5.10 Å². The Labute approximate surface area is 209 Å². The van der Waals surface area contributed by atoms with E-state index < -0.39 is 33.6 Å². The molecule has 0 bridgehead atoms. The minimum absolute atomic E-state index is 0.0429. The van der Waals surface area contributed by atoms with Gasteiger partial charge in [-0.1, -0.05) is 12.1 Å². The van der Waals surface area contributed by atoms with Gasteiger partial charge in [0.05, 0.1) is 17.1 Å². The lowest BCUT2D eigenvalue weighted by atomic mass is 9.82. The molecule has 5 rings (SSSR count). The zero-order chi connectivity index (χ0) is 26.2. The van der Waals surface area contributed by atoms with Gasteiger partial charge in [-0.25, -0.2) is 13.4 Å². The molecule has 0 unspecified atom stereocenters. The Morgan fingerprint density at radius 1 is 1.00 bits per heavy atom. The molecule has 1 N–H and O–H groups in total. The summed E-state index contributed by atoms with van der Waals surface area (Å²) >= 11 is 0.